The summed E-state index contributed by atoms with van der Waals surface area (Å²) in [5.74, 6) is -0.226. The second-order valence-corrected chi connectivity index (χ2v) is 6.08. The number of rotatable bonds is 3. The van der Waals surface area contributed by atoms with Crippen LogP contribution in [0, 0.1) is 12.7 Å². The molecule has 0 aliphatic carbocycles. The van der Waals surface area contributed by atoms with Crippen molar-refractivity contribution in [1.29, 1.82) is 0 Å². The van der Waals surface area contributed by atoms with Crippen LogP contribution in [0.1, 0.15) is 17.4 Å². The predicted octanol–water partition coefficient (Wildman–Crippen LogP) is 4.46. The van der Waals surface area contributed by atoms with E-state index in [1.165, 1.54) is 23.4 Å². The maximum absolute atomic E-state index is 13.1. The van der Waals surface area contributed by atoms with Gasteiger partial charge in [-0.15, -0.1) is 0 Å². The Morgan fingerprint density at radius 3 is 2.67 bits per heavy atom. The Morgan fingerprint density at radius 1 is 1.04 bits per heavy atom. The van der Waals surface area contributed by atoms with E-state index in [9.17, 15) is 4.39 Å². The summed E-state index contributed by atoms with van der Waals surface area (Å²) in [6.07, 6.45) is 3.94. The number of aryl methyl sites for hydroxylation is 1. The van der Waals surface area contributed by atoms with Gasteiger partial charge in [-0.3, -0.25) is 0 Å². The first-order valence-electron chi connectivity index (χ1n) is 8.09. The quantitative estimate of drug-likeness (QED) is 0.708. The van der Waals surface area contributed by atoms with Gasteiger partial charge in [0, 0.05) is 35.9 Å². The van der Waals surface area contributed by atoms with Crippen molar-refractivity contribution in [3.63, 3.8) is 0 Å². The van der Waals surface area contributed by atoms with Gasteiger partial charge in [-0.2, -0.15) is 0 Å². The van der Waals surface area contributed by atoms with Crippen molar-refractivity contribution in [3.05, 3.63) is 83.9 Å². The fourth-order valence-corrected chi connectivity index (χ4v) is 3.15. The molecular formula is C20H19FN2O. The van der Waals surface area contributed by atoms with Crippen molar-refractivity contribution in [2.45, 2.75) is 13.2 Å². The summed E-state index contributed by atoms with van der Waals surface area (Å²) >= 11 is 0. The molecule has 1 aliphatic heterocycles. The lowest BCUT2D eigenvalue weighted by Crippen LogP contribution is -2.23. The Morgan fingerprint density at radius 2 is 1.88 bits per heavy atom. The highest BCUT2D eigenvalue weighted by Crippen LogP contribution is 2.33. The van der Waals surface area contributed by atoms with Gasteiger partial charge in [-0.05, 0) is 55.0 Å². The molecule has 0 radical (unpaired) electrons. The largest absolute Gasteiger partial charge is 0.352 e. The first kappa shape index (κ1) is 15.0. The van der Waals surface area contributed by atoms with Crippen LogP contribution >= 0.6 is 0 Å². The Bertz CT molecular complexity index is 841. The minimum Gasteiger partial charge on any atom is -0.352 e. The Balaban J connectivity index is 1.62. The molecule has 0 saturated carbocycles. The number of halogens is 1. The lowest BCUT2D eigenvalue weighted by molar-refractivity contribution is 0.114. The number of ether oxygens (including phenoxy) is 1. The SMILES string of the molecule is Cc1cccc(N2CCO[C@H]2c2ccn(-c3ccc(F)cc3)c2)c1. The van der Waals surface area contributed by atoms with Gasteiger partial charge < -0.3 is 14.2 Å². The van der Waals surface area contributed by atoms with E-state index in [0.717, 1.165) is 17.8 Å². The van der Waals surface area contributed by atoms with Gasteiger partial charge in [0.1, 0.15) is 5.82 Å². The van der Waals surface area contributed by atoms with E-state index in [4.69, 9.17) is 4.74 Å². The van der Waals surface area contributed by atoms with Gasteiger partial charge in [0.15, 0.2) is 6.23 Å². The maximum Gasteiger partial charge on any atom is 0.158 e. The molecular weight excluding hydrogens is 303 g/mol. The second kappa shape index (κ2) is 6.13. The highest BCUT2D eigenvalue weighted by Gasteiger charge is 2.27. The third-order valence-corrected chi connectivity index (χ3v) is 4.35. The summed E-state index contributed by atoms with van der Waals surface area (Å²) in [6.45, 7) is 3.68. The molecule has 0 N–H and O–H groups in total. The zero-order valence-electron chi connectivity index (χ0n) is 13.5. The number of benzene rings is 2. The fraction of sp³-hybridized carbons (Fsp3) is 0.200. The van der Waals surface area contributed by atoms with E-state index in [1.807, 2.05) is 17.0 Å². The van der Waals surface area contributed by atoms with Crippen molar-refractivity contribution >= 4 is 5.69 Å². The van der Waals surface area contributed by atoms with Gasteiger partial charge >= 0.3 is 0 Å². The van der Waals surface area contributed by atoms with Gasteiger partial charge in [0.25, 0.3) is 0 Å². The highest BCUT2D eigenvalue weighted by atomic mass is 19.1. The summed E-state index contributed by atoms with van der Waals surface area (Å²) in [6, 6.07) is 17.0. The van der Waals surface area contributed by atoms with Crippen LogP contribution in [-0.4, -0.2) is 17.7 Å². The molecule has 1 saturated heterocycles. The van der Waals surface area contributed by atoms with Crippen molar-refractivity contribution in [1.82, 2.24) is 4.57 Å². The molecule has 0 amide bonds. The number of aromatic nitrogens is 1. The first-order chi connectivity index (χ1) is 11.7. The number of nitrogens with zero attached hydrogens (tertiary/aromatic N) is 2. The molecule has 3 nitrogen and oxygen atoms in total. The zero-order chi connectivity index (χ0) is 16.5. The summed E-state index contributed by atoms with van der Waals surface area (Å²) < 4.78 is 21.0. The molecule has 2 heterocycles. The Hall–Kier alpha value is -2.59. The zero-order valence-corrected chi connectivity index (χ0v) is 13.5. The van der Waals surface area contributed by atoms with Gasteiger partial charge in [-0.25, -0.2) is 4.39 Å². The summed E-state index contributed by atoms with van der Waals surface area (Å²) in [5, 5.41) is 0. The molecule has 1 aromatic heterocycles. The normalized spacial score (nSPS) is 17.4. The molecule has 24 heavy (non-hydrogen) atoms. The van der Waals surface area contributed by atoms with E-state index in [2.05, 4.69) is 42.2 Å². The molecule has 2 aromatic carbocycles. The van der Waals surface area contributed by atoms with E-state index in [-0.39, 0.29) is 12.0 Å². The summed E-state index contributed by atoms with van der Waals surface area (Å²) in [7, 11) is 0. The van der Waals surface area contributed by atoms with E-state index < -0.39 is 0 Å². The van der Waals surface area contributed by atoms with E-state index >= 15 is 0 Å². The Kier molecular flexibility index (Phi) is 3.82. The van der Waals surface area contributed by atoms with Crippen LogP contribution in [0.15, 0.2) is 67.0 Å². The average molecular weight is 322 g/mol. The standard InChI is InChI=1S/C20H19FN2O/c1-15-3-2-4-19(13-15)23-11-12-24-20(23)16-9-10-22(14-16)18-7-5-17(21)6-8-18/h2-10,13-14,20H,11-12H2,1H3/t20-/m0/s1. The highest BCUT2D eigenvalue weighted by molar-refractivity contribution is 5.51. The Labute approximate surface area is 140 Å². The number of anilines is 1. The molecule has 1 fully saturated rings. The molecule has 0 spiro atoms. The number of hydrogen-bond donors (Lipinski definition) is 0. The van der Waals surface area contributed by atoms with Crippen LogP contribution in [0.25, 0.3) is 5.69 Å². The van der Waals surface area contributed by atoms with Crippen molar-refractivity contribution in [2.24, 2.45) is 0 Å². The van der Waals surface area contributed by atoms with Crippen molar-refractivity contribution in [2.75, 3.05) is 18.1 Å². The van der Waals surface area contributed by atoms with Gasteiger partial charge in [0.05, 0.1) is 6.61 Å². The van der Waals surface area contributed by atoms with Crippen LogP contribution in [0.3, 0.4) is 0 Å². The van der Waals surface area contributed by atoms with Crippen LogP contribution < -0.4 is 4.90 Å². The smallest absolute Gasteiger partial charge is 0.158 e. The fourth-order valence-electron chi connectivity index (χ4n) is 3.15. The van der Waals surface area contributed by atoms with Crippen LogP contribution in [0.2, 0.25) is 0 Å². The van der Waals surface area contributed by atoms with Crippen molar-refractivity contribution in [3.8, 4) is 5.69 Å². The minimum atomic E-state index is -0.226. The van der Waals surface area contributed by atoms with Gasteiger partial charge in [0.2, 0.25) is 0 Å². The average Bonchev–Trinajstić information content (AvgIpc) is 3.24. The molecule has 4 heteroatoms. The maximum atomic E-state index is 13.1. The van der Waals surface area contributed by atoms with Crippen LogP contribution in [-0.2, 0) is 4.74 Å². The first-order valence-corrected chi connectivity index (χ1v) is 8.09. The predicted molar refractivity (Wildman–Crippen MR) is 92.9 cm³/mol. The molecule has 3 aromatic rings. The topological polar surface area (TPSA) is 17.4 Å². The molecule has 122 valence electrons. The lowest BCUT2D eigenvalue weighted by atomic mass is 10.2. The number of hydrogen-bond acceptors (Lipinski definition) is 2. The summed E-state index contributed by atoms with van der Waals surface area (Å²) in [5.41, 5.74) is 4.44. The minimum absolute atomic E-state index is 0.0894. The summed E-state index contributed by atoms with van der Waals surface area (Å²) in [4.78, 5) is 2.28. The van der Waals surface area contributed by atoms with Crippen LogP contribution in [0.5, 0.6) is 0 Å². The molecule has 4 rings (SSSR count). The monoisotopic (exact) mass is 322 g/mol. The van der Waals surface area contributed by atoms with E-state index in [0.29, 0.717) is 6.61 Å². The third-order valence-electron chi connectivity index (χ3n) is 4.35. The van der Waals surface area contributed by atoms with Gasteiger partial charge in [-0.1, -0.05) is 12.1 Å². The lowest BCUT2D eigenvalue weighted by Gasteiger charge is -2.25. The van der Waals surface area contributed by atoms with Crippen molar-refractivity contribution < 1.29 is 9.13 Å². The third kappa shape index (κ3) is 2.81. The molecule has 1 aliphatic rings. The molecule has 0 unspecified atom stereocenters. The molecule has 0 bridgehead atoms. The van der Waals surface area contributed by atoms with E-state index in [1.54, 1.807) is 12.1 Å². The second-order valence-electron chi connectivity index (χ2n) is 6.08. The van der Waals surface area contributed by atoms with Crippen LogP contribution in [0.4, 0.5) is 10.1 Å². The molecule has 1 atom stereocenters.